The van der Waals surface area contributed by atoms with Crippen LogP contribution in [0.25, 0.3) is 0 Å². The van der Waals surface area contributed by atoms with Gasteiger partial charge in [0.05, 0.1) is 18.8 Å². The number of para-hydroxylation sites is 1. The summed E-state index contributed by atoms with van der Waals surface area (Å²) in [5.41, 5.74) is -1.81. The Hall–Kier alpha value is -2.34. The van der Waals surface area contributed by atoms with Crippen molar-refractivity contribution in [2.24, 2.45) is 0 Å². The molecule has 0 saturated heterocycles. The van der Waals surface area contributed by atoms with E-state index in [2.05, 4.69) is 10.1 Å². The number of aliphatic hydroxyl groups is 1. The summed E-state index contributed by atoms with van der Waals surface area (Å²) in [6, 6.07) is 8.61. The standard InChI is InChI=1S/C23H34N3O8PS/c1-15(2)32-20(28)17(4)25-35(30,34-18-10-8-7-9-11-18)31-14-16(3)33-21(23(5,6)29)26-13-12-19(27)24-22(26)36/h7-13,15-17,21,29H,14H2,1-6H3,(H,25,30)(H,24,27,36)/t16-,17-,21+,35+/m0/s1. The fourth-order valence-electron chi connectivity index (χ4n) is 2.98. The topological polar surface area (TPSA) is 141 Å². The number of carbonyl (C=O) groups is 1. The predicted octanol–water partition coefficient (Wildman–Crippen LogP) is 3.71. The van der Waals surface area contributed by atoms with E-state index in [4.69, 9.17) is 30.7 Å². The first-order valence-corrected chi connectivity index (χ1v) is 13.3. The highest BCUT2D eigenvalue weighted by atomic mass is 32.1. The van der Waals surface area contributed by atoms with E-state index in [9.17, 15) is 19.3 Å². The number of nitrogens with zero attached hydrogens (tertiary/aromatic N) is 1. The molecule has 0 saturated carbocycles. The van der Waals surface area contributed by atoms with Crippen molar-refractivity contribution in [3.05, 3.63) is 57.7 Å². The maximum Gasteiger partial charge on any atom is 0.459 e. The summed E-state index contributed by atoms with van der Waals surface area (Å²) >= 11 is 5.20. The second-order valence-electron chi connectivity index (χ2n) is 9.00. The van der Waals surface area contributed by atoms with E-state index < -0.39 is 43.2 Å². The van der Waals surface area contributed by atoms with Crippen LogP contribution in [-0.4, -0.2) is 51.1 Å². The molecule has 1 aromatic heterocycles. The Morgan fingerprint density at radius 1 is 1.19 bits per heavy atom. The molecule has 1 aromatic carbocycles. The van der Waals surface area contributed by atoms with Gasteiger partial charge in [-0.05, 0) is 65.9 Å². The third-order valence-electron chi connectivity index (χ3n) is 4.57. The average molecular weight is 544 g/mol. The number of hydrogen-bond acceptors (Lipinski definition) is 9. The Labute approximate surface area is 215 Å². The third-order valence-corrected chi connectivity index (χ3v) is 6.53. The summed E-state index contributed by atoms with van der Waals surface area (Å²) in [7, 11) is -4.09. The van der Waals surface area contributed by atoms with E-state index in [-0.39, 0.29) is 23.2 Å². The molecular weight excluding hydrogens is 509 g/mol. The van der Waals surface area contributed by atoms with E-state index in [0.29, 0.717) is 0 Å². The van der Waals surface area contributed by atoms with Crippen LogP contribution >= 0.6 is 20.0 Å². The lowest BCUT2D eigenvalue weighted by molar-refractivity contribution is -0.160. The molecule has 0 amide bonds. The van der Waals surface area contributed by atoms with Crippen molar-refractivity contribution in [2.75, 3.05) is 6.61 Å². The number of ether oxygens (including phenoxy) is 2. The van der Waals surface area contributed by atoms with Gasteiger partial charge in [-0.25, -0.2) is 4.57 Å². The normalized spacial score (nSPS) is 16.1. The van der Waals surface area contributed by atoms with Crippen molar-refractivity contribution < 1.29 is 33.0 Å². The average Bonchev–Trinajstić information content (AvgIpc) is 2.76. The molecule has 13 heteroatoms. The lowest BCUT2D eigenvalue weighted by Gasteiger charge is -2.33. The van der Waals surface area contributed by atoms with Crippen molar-refractivity contribution >= 4 is 25.9 Å². The highest BCUT2D eigenvalue weighted by molar-refractivity contribution is 7.71. The van der Waals surface area contributed by atoms with Crippen LogP contribution in [0.4, 0.5) is 0 Å². The minimum Gasteiger partial charge on any atom is -0.462 e. The van der Waals surface area contributed by atoms with Crippen LogP contribution < -0.4 is 15.2 Å². The molecule has 2 rings (SSSR count). The first-order valence-electron chi connectivity index (χ1n) is 11.4. The van der Waals surface area contributed by atoms with Crippen molar-refractivity contribution in [1.82, 2.24) is 14.6 Å². The summed E-state index contributed by atoms with van der Waals surface area (Å²) < 4.78 is 37.4. The first kappa shape index (κ1) is 29.9. The van der Waals surface area contributed by atoms with Crippen molar-refractivity contribution in [2.45, 2.75) is 71.6 Å². The molecule has 4 atom stereocenters. The SMILES string of the molecule is CC(C)OC(=O)[C@H](C)N[P@@](=O)(OC[C@H](C)O[C@@H](n1ccc(=O)[nH]c1=S)C(C)(C)O)Oc1ccccc1. The monoisotopic (exact) mass is 543 g/mol. The van der Waals surface area contributed by atoms with Gasteiger partial charge in [-0.1, -0.05) is 18.2 Å². The fraction of sp³-hybridized carbons (Fsp3) is 0.522. The molecular formula is C23H34N3O8PS. The van der Waals surface area contributed by atoms with E-state index in [1.807, 2.05) is 0 Å². The van der Waals surface area contributed by atoms with E-state index in [1.165, 1.54) is 37.6 Å². The van der Waals surface area contributed by atoms with Gasteiger partial charge < -0.3 is 19.1 Å². The van der Waals surface area contributed by atoms with Crippen LogP contribution in [0.1, 0.15) is 47.8 Å². The minimum atomic E-state index is -4.09. The molecule has 0 aliphatic rings. The second-order valence-corrected chi connectivity index (χ2v) is 11.1. The maximum atomic E-state index is 13.6. The number of aromatic amines is 1. The van der Waals surface area contributed by atoms with Gasteiger partial charge in [0, 0.05) is 12.3 Å². The van der Waals surface area contributed by atoms with Crippen LogP contribution in [0, 0.1) is 4.77 Å². The van der Waals surface area contributed by atoms with E-state index in [1.54, 1.807) is 51.1 Å². The second kappa shape index (κ2) is 12.8. The number of rotatable bonds is 13. The molecule has 0 fully saturated rings. The summed E-state index contributed by atoms with van der Waals surface area (Å²) in [6.45, 7) is 9.32. The highest BCUT2D eigenvalue weighted by Crippen LogP contribution is 2.45. The Kier molecular flexibility index (Phi) is 10.6. The van der Waals surface area contributed by atoms with Gasteiger partial charge in [-0.2, -0.15) is 5.09 Å². The molecule has 0 bridgehead atoms. The summed E-state index contributed by atoms with van der Waals surface area (Å²) in [5.74, 6) is -0.357. The number of hydrogen-bond donors (Lipinski definition) is 3. The zero-order valence-electron chi connectivity index (χ0n) is 21.2. The third kappa shape index (κ3) is 9.27. The molecule has 11 nitrogen and oxygen atoms in total. The van der Waals surface area contributed by atoms with Crippen LogP contribution in [-0.2, 0) is 23.4 Å². The molecule has 2 aromatic rings. The highest BCUT2D eigenvalue weighted by Gasteiger charge is 2.35. The Bertz CT molecular complexity index is 1160. The van der Waals surface area contributed by atoms with Gasteiger partial charge in [0.1, 0.15) is 17.4 Å². The lowest BCUT2D eigenvalue weighted by atomic mass is 10.1. The Balaban J connectivity index is 2.20. The van der Waals surface area contributed by atoms with Crippen LogP contribution in [0.3, 0.4) is 0 Å². The maximum absolute atomic E-state index is 13.6. The molecule has 1 heterocycles. The number of esters is 1. The summed E-state index contributed by atoms with van der Waals surface area (Å²) in [4.78, 5) is 26.3. The summed E-state index contributed by atoms with van der Waals surface area (Å²) in [6.07, 6.45) is -0.695. The van der Waals surface area contributed by atoms with Gasteiger partial charge in [0.2, 0.25) is 0 Å². The molecule has 36 heavy (non-hydrogen) atoms. The first-order chi connectivity index (χ1) is 16.7. The van der Waals surface area contributed by atoms with Crippen molar-refractivity contribution in [3.8, 4) is 5.75 Å². The van der Waals surface area contributed by atoms with Gasteiger partial charge in [0.25, 0.3) is 5.56 Å². The molecule has 0 aliphatic carbocycles. The number of aromatic nitrogens is 2. The van der Waals surface area contributed by atoms with E-state index >= 15 is 0 Å². The number of benzene rings is 1. The minimum absolute atomic E-state index is 0.0555. The molecule has 0 spiro atoms. The molecule has 0 radical (unpaired) electrons. The Morgan fingerprint density at radius 3 is 2.39 bits per heavy atom. The Morgan fingerprint density at radius 2 is 1.83 bits per heavy atom. The molecule has 0 aliphatic heterocycles. The van der Waals surface area contributed by atoms with Crippen LogP contribution in [0.2, 0.25) is 0 Å². The fourth-order valence-corrected chi connectivity index (χ4v) is 4.80. The van der Waals surface area contributed by atoms with Crippen LogP contribution in [0.5, 0.6) is 5.75 Å². The number of nitrogens with one attached hydrogen (secondary N) is 2. The molecule has 200 valence electrons. The number of carbonyl (C=O) groups excluding carboxylic acids is 1. The quantitative estimate of drug-likeness (QED) is 0.194. The van der Waals surface area contributed by atoms with Gasteiger partial charge in [0.15, 0.2) is 11.0 Å². The molecule has 3 N–H and O–H groups in total. The van der Waals surface area contributed by atoms with E-state index in [0.717, 1.165) is 0 Å². The van der Waals surface area contributed by atoms with Crippen LogP contribution in [0.15, 0.2) is 47.4 Å². The van der Waals surface area contributed by atoms with Gasteiger partial charge in [-0.3, -0.25) is 23.7 Å². The van der Waals surface area contributed by atoms with Crippen molar-refractivity contribution in [3.63, 3.8) is 0 Å². The predicted molar refractivity (Wildman–Crippen MR) is 136 cm³/mol. The van der Waals surface area contributed by atoms with Gasteiger partial charge >= 0.3 is 13.7 Å². The van der Waals surface area contributed by atoms with Crippen molar-refractivity contribution in [1.29, 1.82) is 0 Å². The zero-order valence-corrected chi connectivity index (χ0v) is 22.9. The summed E-state index contributed by atoms with van der Waals surface area (Å²) in [5, 5.41) is 13.3. The molecule has 0 unspecified atom stereocenters. The number of H-pyrrole nitrogens is 1. The smallest absolute Gasteiger partial charge is 0.459 e. The zero-order chi connectivity index (χ0) is 27.1. The van der Waals surface area contributed by atoms with Gasteiger partial charge in [-0.15, -0.1) is 0 Å². The largest absolute Gasteiger partial charge is 0.462 e. The lowest BCUT2D eigenvalue weighted by Crippen LogP contribution is -2.39.